The second kappa shape index (κ2) is 10.8. The number of aryl methyl sites for hydroxylation is 2. The smallest absolute Gasteiger partial charge is 0.262 e. The minimum absolute atomic E-state index is 0.0289. The molecule has 1 aromatic heterocycles. The molecule has 1 aliphatic rings. The lowest BCUT2D eigenvalue weighted by Gasteiger charge is -2.37. The standard InChI is InChI=1S/C26H24Cl2FN3O5/c1-14-25(15(2)37-32-14)19-8-17(4-6-20(19)27)35-12-23(33)30-16-10-26(3,11-16)31-24(34)13-36-18-5-7-21(28)22(29)9-18/h4-10H,11-13H2,1-3H3,(H,30,33)(H,31,34). The molecule has 2 amide bonds. The highest BCUT2D eigenvalue weighted by atomic mass is 35.5. The van der Waals surface area contributed by atoms with Crippen LogP contribution in [0.1, 0.15) is 24.8 Å². The molecule has 0 fully saturated rings. The fourth-order valence-electron chi connectivity index (χ4n) is 4.00. The summed E-state index contributed by atoms with van der Waals surface area (Å²) in [5.41, 5.74) is 2.20. The zero-order valence-electron chi connectivity index (χ0n) is 20.3. The molecule has 0 saturated carbocycles. The normalized spacial score (nSPS) is 16.4. The minimum atomic E-state index is -0.644. The summed E-state index contributed by atoms with van der Waals surface area (Å²) < 4.78 is 29.6. The molecule has 0 aliphatic heterocycles. The molecule has 194 valence electrons. The number of amides is 2. The highest BCUT2D eigenvalue weighted by molar-refractivity contribution is 6.33. The van der Waals surface area contributed by atoms with Gasteiger partial charge in [0.1, 0.15) is 23.1 Å². The molecule has 1 heterocycles. The van der Waals surface area contributed by atoms with E-state index in [-0.39, 0.29) is 35.8 Å². The Balaban J connectivity index is 1.25. The summed E-state index contributed by atoms with van der Waals surface area (Å²) in [4.78, 5) is 24.6. The van der Waals surface area contributed by atoms with Crippen LogP contribution in [0.4, 0.5) is 4.39 Å². The molecule has 2 N–H and O–H groups in total. The van der Waals surface area contributed by atoms with Gasteiger partial charge in [-0.15, -0.1) is 0 Å². The van der Waals surface area contributed by atoms with Gasteiger partial charge in [0, 0.05) is 34.3 Å². The SMILES string of the molecule is Cc1noc(C)c1-c1cc(OCC(=O)NC2=CC(C)(NC(=O)COc3ccc(Cl)c(F)c3)C2)ccc1Cl. The first-order valence-electron chi connectivity index (χ1n) is 11.3. The van der Waals surface area contributed by atoms with E-state index < -0.39 is 11.4 Å². The van der Waals surface area contributed by atoms with Gasteiger partial charge >= 0.3 is 0 Å². The summed E-state index contributed by atoms with van der Waals surface area (Å²) in [6.45, 7) is 4.91. The van der Waals surface area contributed by atoms with Crippen LogP contribution in [0.25, 0.3) is 11.1 Å². The number of benzene rings is 2. The monoisotopic (exact) mass is 547 g/mol. The first-order valence-corrected chi connectivity index (χ1v) is 12.0. The van der Waals surface area contributed by atoms with Crippen molar-refractivity contribution < 1.29 is 28.0 Å². The van der Waals surface area contributed by atoms with E-state index in [1.165, 1.54) is 12.1 Å². The van der Waals surface area contributed by atoms with Gasteiger partial charge in [-0.25, -0.2) is 4.39 Å². The molecule has 1 atom stereocenters. The summed E-state index contributed by atoms with van der Waals surface area (Å²) in [5, 5.41) is 10.0. The molecule has 4 rings (SSSR count). The second-order valence-corrected chi connectivity index (χ2v) is 9.67. The maximum atomic E-state index is 13.5. The van der Waals surface area contributed by atoms with Crippen LogP contribution in [0, 0.1) is 19.7 Å². The van der Waals surface area contributed by atoms with Crippen molar-refractivity contribution in [1.82, 2.24) is 15.8 Å². The van der Waals surface area contributed by atoms with Gasteiger partial charge in [-0.1, -0.05) is 28.4 Å². The van der Waals surface area contributed by atoms with Gasteiger partial charge in [-0.3, -0.25) is 9.59 Å². The predicted octanol–water partition coefficient (Wildman–Crippen LogP) is 5.14. The van der Waals surface area contributed by atoms with Crippen LogP contribution in [0.2, 0.25) is 10.0 Å². The van der Waals surface area contributed by atoms with Crippen LogP contribution in [0.3, 0.4) is 0 Å². The average Bonchev–Trinajstić information content (AvgIpc) is 3.16. The molecule has 11 heteroatoms. The number of halogens is 3. The van der Waals surface area contributed by atoms with E-state index in [1.807, 2.05) is 13.8 Å². The van der Waals surface area contributed by atoms with Gasteiger partial charge in [-0.05, 0) is 57.2 Å². The quantitative estimate of drug-likeness (QED) is 0.384. The second-order valence-electron chi connectivity index (χ2n) is 8.85. The molecular formula is C26H24Cl2FN3O5. The van der Waals surface area contributed by atoms with Crippen LogP contribution in [-0.2, 0) is 9.59 Å². The molecule has 0 spiro atoms. The Bertz CT molecular complexity index is 1370. The zero-order chi connectivity index (χ0) is 26.7. The van der Waals surface area contributed by atoms with E-state index in [0.717, 1.165) is 11.6 Å². The van der Waals surface area contributed by atoms with Crippen LogP contribution < -0.4 is 20.1 Å². The Hall–Kier alpha value is -3.56. The van der Waals surface area contributed by atoms with E-state index in [1.54, 1.807) is 31.2 Å². The molecule has 8 nitrogen and oxygen atoms in total. The van der Waals surface area contributed by atoms with Gasteiger partial charge in [0.2, 0.25) is 0 Å². The Morgan fingerprint density at radius 3 is 2.30 bits per heavy atom. The Kier molecular flexibility index (Phi) is 7.75. The Morgan fingerprint density at radius 1 is 1.05 bits per heavy atom. The molecular weight excluding hydrogens is 524 g/mol. The third-order valence-electron chi connectivity index (χ3n) is 5.65. The molecule has 2 aromatic carbocycles. The highest BCUT2D eigenvalue weighted by Crippen LogP contribution is 2.35. The number of hydrogen-bond donors (Lipinski definition) is 2. The van der Waals surface area contributed by atoms with Crippen molar-refractivity contribution in [1.29, 1.82) is 0 Å². The van der Waals surface area contributed by atoms with Crippen molar-refractivity contribution in [2.45, 2.75) is 32.7 Å². The largest absolute Gasteiger partial charge is 0.484 e. The average molecular weight is 548 g/mol. The van der Waals surface area contributed by atoms with Crippen molar-refractivity contribution >= 4 is 35.0 Å². The first-order chi connectivity index (χ1) is 17.5. The van der Waals surface area contributed by atoms with Gasteiger partial charge in [-0.2, -0.15) is 0 Å². The van der Waals surface area contributed by atoms with Crippen LogP contribution in [0.5, 0.6) is 11.5 Å². The van der Waals surface area contributed by atoms with E-state index in [0.29, 0.717) is 39.9 Å². The van der Waals surface area contributed by atoms with Gasteiger partial charge in [0.05, 0.1) is 16.3 Å². The van der Waals surface area contributed by atoms with Gasteiger partial charge in [0.25, 0.3) is 11.8 Å². The lowest BCUT2D eigenvalue weighted by molar-refractivity contribution is -0.124. The maximum absolute atomic E-state index is 13.5. The fraction of sp³-hybridized carbons (Fsp3) is 0.269. The Labute approximate surface area is 222 Å². The lowest BCUT2D eigenvalue weighted by Crippen LogP contribution is -2.53. The third kappa shape index (κ3) is 6.42. The van der Waals surface area contributed by atoms with E-state index >= 15 is 0 Å². The molecule has 37 heavy (non-hydrogen) atoms. The number of ether oxygens (including phenoxy) is 2. The molecule has 3 aromatic rings. The maximum Gasteiger partial charge on any atom is 0.262 e. The van der Waals surface area contributed by atoms with Gasteiger partial charge < -0.3 is 24.6 Å². The number of carbonyl (C=O) groups is 2. The summed E-state index contributed by atoms with van der Waals surface area (Å²) in [6.07, 6.45) is 2.15. The summed E-state index contributed by atoms with van der Waals surface area (Å²) in [6, 6.07) is 9.03. The fourth-order valence-corrected chi connectivity index (χ4v) is 4.33. The van der Waals surface area contributed by atoms with Crippen molar-refractivity contribution in [3.05, 3.63) is 75.5 Å². The van der Waals surface area contributed by atoms with Crippen molar-refractivity contribution in [3.8, 4) is 22.6 Å². The van der Waals surface area contributed by atoms with Crippen LogP contribution in [0.15, 0.2) is 52.7 Å². The number of hydrogen-bond acceptors (Lipinski definition) is 6. The summed E-state index contributed by atoms with van der Waals surface area (Å²) in [7, 11) is 0. The number of aromatic nitrogens is 1. The molecule has 0 bridgehead atoms. The van der Waals surface area contributed by atoms with Crippen molar-refractivity contribution in [2.24, 2.45) is 0 Å². The van der Waals surface area contributed by atoms with Crippen molar-refractivity contribution in [3.63, 3.8) is 0 Å². The van der Waals surface area contributed by atoms with Gasteiger partial charge in [0.15, 0.2) is 13.2 Å². The van der Waals surface area contributed by atoms with E-state index in [2.05, 4.69) is 15.8 Å². The van der Waals surface area contributed by atoms with Crippen LogP contribution >= 0.6 is 23.2 Å². The van der Waals surface area contributed by atoms with E-state index in [4.69, 9.17) is 37.2 Å². The van der Waals surface area contributed by atoms with Crippen LogP contribution in [-0.4, -0.2) is 35.7 Å². The molecule has 1 aliphatic carbocycles. The lowest BCUT2D eigenvalue weighted by atomic mass is 9.84. The number of carbonyl (C=O) groups excluding carboxylic acids is 2. The van der Waals surface area contributed by atoms with E-state index in [9.17, 15) is 14.0 Å². The third-order valence-corrected chi connectivity index (χ3v) is 6.28. The zero-order valence-corrected chi connectivity index (χ0v) is 21.8. The molecule has 1 unspecified atom stereocenters. The summed E-state index contributed by atoms with van der Waals surface area (Å²) >= 11 is 12.0. The van der Waals surface area contributed by atoms with Crippen molar-refractivity contribution in [2.75, 3.05) is 13.2 Å². The first kappa shape index (κ1) is 26.5. The topological polar surface area (TPSA) is 103 Å². The molecule has 0 saturated heterocycles. The summed E-state index contributed by atoms with van der Waals surface area (Å²) in [5.74, 6) is -0.0728. The number of nitrogens with zero attached hydrogens (tertiary/aromatic N) is 1. The Morgan fingerprint density at radius 2 is 1.68 bits per heavy atom. The number of nitrogens with one attached hydrogen (secondary N) is 2. The minimum Gasteiger partial charge on any atom is -0.484 e. The predicted molar refractivity (Wildman–Crippen MR) is 136 cm³/mol. The molecule has 0 radical (unpaired) electrons. The number of rotatable bonds is 9. The highest BCUT2D eigenvalue weighted by Gasteiger charge is 2.34.